The number of imidazole rings is 1. The Morgan fingerprint density at radius 2 is 1.74 bits per heavy atom. The summed E-state index contributed by atoms with van der Waals surface area (Å²) in [6.07, 6.45) is 6.02. The molecule has 0 radical (unpaired) electrons. The quantitative estimate of drug-likeness (QED) is 0.473. The molecule has 2 aromatic carbocycles. The van der Waals surface area contributed by atoms with Gasteiger partial charge >= 0.3 is 0 Å². The zero-order valence-electron chi connectivity index (χ0n) is 16.7. The fraction of sp³-hybridized carbons (Fsp3) is 0.217. The average molecular weight is 452 g/mol. The molecule has 1 aliphatic rings. The van der Waals surface area contributed by atoms with E-state index in [4.69, 9.17) is 0 Å². The van der Waals surface area contributed by atoms with E-state index in [1.54, 1.807) is 53.8 Å². The van der Waals surface area contributed by atoms with E-state index < -0.39 is 20.5 Å². The third-order valence-corrected chi connectivity index (χ3v) is 9.21. The number of sulfone groups is 1. The first-order valence-electron chi connectivity index (χ1n) is 10.1. The molecule has 0 aliphatic heterocycles. The number of amides is 1. The molecule has 0 atom stereocenters. The molecule has 31 heavy (non-hydrogen) atoms. The minimum Gasteiger partial charge on any atom is -0.325 e. The number of aromatic nitrogens is 2. The van der Waals surface area contributed by atoms with Crippen LogP contribution in [0.3, 0.4) is 0 Å². The number of carbonyl (C=O) groups is 1. The van der Waals surface area contributed by atoms with E-state index in [2.05, 4.69) is 10.3 Å². The highest BCUT2D eigenvalue weighted by Crippen LogP contribution is 2.41. The number of hydrogen-bond acceptors (Lipinski definition) is 5. The molecule has 0 spiro atoms. The SMILES string of the molecule is O=C(Nc1ccc(-c2cn3ccsc3n2)cc1)C1(S(=O)(=O)c2ccccc2)CCCC1. The molecule has 1 N–H and O–H groups in total. The van der Waals surface area contributed by atoms with Crippen LogP contribution in [0.2, 0.25) is 0 Å². The molecule has 0 saturated heterocycles. The van der Waals surface area contributed by atoms with Crippen molar-refractivity contribution in [3.63, 3.8) is 0 Å². The molecule has 2 heterocycles. The van der Waals surface area contributed by atoms with Crippen LogP contribution in [0, 0.1) is 0 Å². The molecule has 6 nitrogen and oxygen atoms in total. The highest BCUT2D eigenvalue weighted by atomic mass is 32.2. The Hall–Kier alpha value is -2.97. The first-order chi connectivity index (χ1) is 15.0. The Morgan fingerprint density at radius 3 is 2.42 bits per heavy atom. The molecule has 4 aromatic rings. The van der Waals surface area contributed by atoms with Crippen LogP contribution in [0.4, 0.5) is 5.69 Å². The Morgan fingerprint density at radius 1 is 1.03 bits per heavy atom. The van der Waals surface area contributed by atoms with Crippen molar-refractivity contribution < 1.29 is 13.2 Å². The van der Waals surface area contributed by atoms with Crippen molar-refractivity contribution in [2.75, 3.05) is 5.32 Å². The van der Waals surface area contributed by atoms with Crippen LogP contribution >= 0.6 is 11.3 Å². The van der Waals surface area contributed by atoms with Crippen molar-refractivity contribution in [1.82, 2.24) is 9.38 Å². The number of rotatable bonds is 5. The largest absolute Gasteiger partial charge is 0.325 e. The van der Waals surface area contributed by atoms with Gasteiger partial charge in [-0.1, -0.05) is 43.2 Å². The van der Waals surface area contributed by atoms with Crippen molar-refractivity contribution in [3.8, 4) is 11.3 Å². The minimum absolute atomic E-state index is 0.196. The number of carbonyl (C=O) groups excluding carboxylic acids is 1. The predicted molar refractivity (Wildman–Crippen MR) is 122 cm³/mol. The highest BCUT2D eigenvalue weighted by molar-refractivity contribution is 7.93. The van der Waals surface area contributed by atoms with Gasteiger partial charge in [0.1, 0.15) is 0 Å². The molecule has 2 aromatic heterocycles. The fourth-order valence-electron chi connectivity index (χ4n) is 4.23. The molecule has 8 heteroatoms. The summed E-state index contributed by atoms with van der Waals surface area (Å²) in [5.41, 5.74) is 2.36. The van der Waals surface area contributed by atoms with Gasteiger partial charge in [0.2, 0.25) is 5.91 Å². The fourth-order valence-corrected chi connectivity index (χ4v) is 7.01. The molecule has 0 bridgehead atoms. The molecule has 158 valence electrons. The van der Waals surface area contributed by atoms with Gasteiger partial charge in [0.15, 0.2) is 19.5 Å². The lowest BCUT2D eigenvalue weighted by molar-refractivity contribution is -0.118. The maximum atomic E-state index is 13.4. The molecule has 1 aliphatic carbocycles. The number of nitrogens with zero attached hydrogens (tertiary/aromatic N) is 2. The van der Waals surface area contributed by atoms with Crippen LogP contribution in [0.5, 0.6) is 0 Å². The number of benzene rings is 2. The minimum atomic E-state index is -3.80. The van der Waals surface area contributed by atoms with E-state index in [0.29, 0.717) is 18.5 Å². The van der Waals surface area contributed by atoms with Crippen molar-refractivity contribution in [2.45, 2.75) is 35.3 Å². The molecule has 5 rings (SSSR count). The molecule has 0 unspecified atom stereocenters. The zero-order valence-corrected chi connectivity index (χ0v) is 18.3. The molecular formula is C23H21N3O3S2. The normalized spacial score (nSPS) is 15.9. The summed E-state index contributed by atoms with van der Waals surface area (Å²) < 4.78 is 27.4. The van der Waals surface area contributed by atoms with Gasteiger partial charge in [-0.2, -0.15) is 0 Å². The number of fused-ring (bicyclic) bond motifs is 1. The molecule has 1 amide bonds. The zero-order chi connectivity index (χ0) is 21.5. The number of thiazole rings is 1. The standard InChI is InChI=1S/C23H21N3O3S2/c27-21(23(12-4-5-13-23)31(28,29)19-6-2-1-3-7-19)24-18-10-8-17(9-11-18)20-16-26-14-15-30-22(26)25-20/h1-3,6-11,14-16H,4-5,12-13H2,(H,24,27). The van der Waals surface area contributed by atoms with Crippen LogP contribution in [0.1, 0.15) is 25.7 Å². The van der Waals surface area contributed by atoms with Gasteiger partial charge in [-0.3, -0.25) is 9.20 Å². The van der Waals surface area contributed by atoms with E-state index >= 15 is 0 Å². The van der Waals surface area contributed by atoms with Crippen LogP contribution in [-0.4, -0.2) is 28.5 Å². The monoisotopic (exact) mass is 451 g/mol. The summed E-state index contributed by atoms with van der Waals surface area (Å²) in [6.45, 7) is 0. The second-order valence-corrected chi connectivity index (χ2v) is 10.9. The van der Waals surface area contributed by atoms with Gasteiger partial charge in [-0.05, 0) is 37.1 Å². The van der Waals surface area contributed by atoms with Crippen LogP contribution in [0.25, 0.3) is 16.2 Å². The first kappa shape index (κ1) is 20.0. The summed E-state index contributed by atoms with van der Waals surface area (Å²) in [5, 5.41) is 4.84. The number of anilines is 1. The van der Waals surface area contributed by atoms with Crippen LogP contribution in [-0.2, 0) is 14.6 Å². The van der Waals surface area contributed by atoms with Crippen molar-refractivity contribution in [3.05, 3.63) is 72.4 Å². The third-order valence-electron chi connectivity index (χ3n) is 5.92. The Balaban J connectivity index is 1.41. The van der Waals surface area contributed by atoms with E-state index in [0.717, 1.165) is 29.1 Å². The van der Waals surface area contributed by atoms with E-state index in [9.17, 15) is 13.2 Å². The van der Waals surface area contributed by atoms with E-state index in [1.807, 2.05) is 34.3 Å². The lowest BCUT2D eigenvalue weighted by Gasteiger charge is -2.27. The van der Waals surface area contributed by atoms with Gasteiger partial charge in [-0.15, -0.1) is 11.3 Å². The van der Waals surface area contributed by atoms with Crippen molar-refractivity contribution in [1.29, 1.82) is 0 Å². The van der Waals surface area contributed by atoms with Gasteiger partial charge < -0.3 is 5.32 Å². The van der Waals surface area contributed by atoms with Crippen LogP contribution < -0.4 is 5.32 Å². The van der Waals surface area contributed by atoms with Crippen LogP contribution in [0.15, 0.2) is 77.3 Å². The topological polar surface area (TPSA) is 80.5 Å². The highest BCUT2D eigenvalue weighted by Gasteiger charge is 2.52. The maximum Gasteiger partial charge on any atom is 0.246 e. The summed E-state index contributed by atoms with van der Waals surface area (Å²) in [5.74, 6) is -0.455. The first-order valence-corrected chi connectivity index (χ1v) is 12.5. The second-order valence-electron chi connectivity index (χ2n) is 7.77. The van der Waals surface area contributed by atoms with Crippen molar-refractivity contribution in [2.24, 2.45) is 0 Å². The Kier molecular flexibility index (Phi) is 4.91. The summed E-state index contributed by atoms with van der Waals surface area (Å²) in [4.78, 5) is 19.0. The summed E-state index contributed by atoms with van der Waals surface area (Å²) in [7, 11) is -3.80. The van der Waals surface area contributed by atoms with E-state index in [1.165, 1.54) is 0 Å². The van der Waals surface area contributed by atoms with Gasteiger partial charge in [0.25, 0.3) is 0 Å². The molecule has 1 fully saturated rings. The number of nitrogens with one attached hydrogen (secondary N) is 1. The average Bonchev–Trinajstić information content (AvgIpc) is 3.52. The maximum absolute atomic E-state index is 13.4. The third kappa shape index (κ3) is 3.36. The summed E-state index contributed by atoms with van der Waals surface area (Å²) >= 11 is 1.57. The summed E-state index contributed by atoms with van der Waals surface area (Å²) in [6, 6.07) is 15.6. The molecular weight excluding hydrogens is 430 g/mol. The predicted octanol–water partition coefficient (Wildman–Crippen LogP) is 4.79. The van der Waals surface area contributed by atoms with Gasteiger partial charge in [0.05, 0.1) is 10.6 Å². The smallest absolute Gasteiger partial charge is 0.246 e. The van der Waals surface area contributed by atoms with E-state index in [-0.39, 0.29) is 4.90 Å². The van der Waals surface area contributed by atoms with Crippen molar-refractivity contribution >= 4 is 37.7 Å². The molecule has 1 saturated carbocycles. The lowest BCUT2D eigenvalue weighted by atomic mass is 10.1. The number of hydrogen-bond donors (Lipinski definition) is 1. The second kappa shape index (κ2) is 7.62. The lowest BCUT2D eigenvalue weighted by Crippen LogP contribution is -2.47. The Bertz CT molecular complexity index is 1310. The Labute approximate surface area is 184 Å². The van der Waals surface area contributed by atoms with Gasteiger partial charge in [-0.25, -0.2) is 13.4 Å². The van der Waals surface area contributed by atoms with Gasteiger partial charge in [0, 0.05) is 29.0 Å².